The van der Waals surface area contributed by atoms with E-state index in [4.69, 9.17) is 18.6 Å². The van der Waals surface area contributed by atoms with Crippen LogP contribution in [-0.4, -0.2) is 67.3 Å². The molecule has 6 N–H and O–H groups in total. The predicted molar refractivity (Wildman–Crippen MR) is 147 cm³/mol. The number of phenols is 4. The van der Waals surface area contributed by atoms with Crippen molar-refractivity contribution >= 4 is 23.0 Å². The van der Waals surface area contributed by atoms with Gasteiger partial charge in [-0.25, -0.2) is 4.79 Å². The van der Waals surface area contributed by atoms with E-state index < -0.39 is 53.6 Å². The van der Waals surface area contributed by atoms with Crippen LogP contribution in [0.1, 0.15) is 12.5 Å². The Balaban J connectivity index is 1.42. The molecule has 1 aliphatic heterocycles. The van der Waals surface area contributed by atoms with Gasteiger partial charge in [0.15, 0.2) is 11.9 Å². The zero-order chi connectivity index (χ0) is 30.1. The van der Waals surface area contributed by atoms with Crippen molar-refractivity contribution in [1.82, 2.24) is 0 Å². The average Bonchev–Trinajstić information content (AvgIpc) is 2.95. The number of hydrogen-bond donors (Lipinski definition) is 6. The molecule has 0 aliphatic carbocycles. The molecule has 0 spiro atoms. The van der Waals surface area contributed by atoms with E-state index in [1.807, 2.05) is 0 Å². The number of aliphatic hydroxyl groups excluding tert-OH is 2. The molecule has 0 radical (unpaired) electrons. The molecule has 1 aliphatic rings. The van der Waals surface area contributed by atoms with Crippen molar-refractivity contribution in [2.24, 2.45) is 0 Å². The lowest BCUT2D eigenvalue weighted by atomic mass is 9.99. The van der Waals surface area contributed by atoms with E-state index in [0.29, 0.717) is 5.56 Å². The van der Waals surface area contributed by atoms with Crippen LogP contribution in [-0.2, 0) is 14.3 Å². The number of hydrogen-bond acceptors (Lipinski definition) is 12. The quantitative estimate of drug-likeness (QED) is 0.145. The molecule has 1 aromatic heterocycles. The lowest BCUT2D eigenvalue weighted by Crippen LogP contribution is -2.59. The smallest absolute Gasteiger partial charge is 0.331 e. The van der Waals surface area contributed by atoms with Gasteiger partial charge in [-0.3, -0.25) is 4.79 Å². The lowest BCUT2D eigenvalue weighted by molar-refractivity contribution is -0.271. The Labute approximate surface area is 237 Å². The highest BCUT2D eigenvalue weighted by Gasteiger charge is 2.46. The number of esters is 1. The van der Waals surface area contributed by atoms with Gasteiger partial charge < -0.3 is 49.3 Å². The van der Waals surface area contributed by atoms with Crippen LogP contribution < -0.4 is 10.2 Å². The van der Waals surface area contributed by atoms with Gasteiger partial charge >= 0.3 is 5.97 Å². The molecule has 3 aromatic carbocycles. The monoisotopic (exact) mass is 578 g/mol. The van der Waals surface area contributed by atoms with Gasteiger partial charge in [-0.05, 0) is 55.0 Å². The van der Waals surface area contributed by atoms with E-state index in [2.05, 4.69) is 0 Å². The predicted octanol–water partition coefficient (Wildman–Crippen LogP) is 2.75. The summed E-state index contributed by atoms with van der Waals surface area (Å²) in [6, 6.07) is 13.6. The summed E-state index contributed by atoms with van der Waals surface area (Å²) in [5.41, 5.74) is -0.177. The van der Waals surface area contributed by atoms with Crippen molar-refractivity contribution < 1.29 is 54.1 Å². The van der Waals surface area contributed by atoms with Crippen molar-refractivity contribution in [2.45, 2.75) is 37.6 Å². The standard InChI is InChI=1S/C30H26O12/c1-14-27(41-22(35)11-4-15-2-7-17(31)8-3-15)25(37)26(38)30(39-14)42-29-24(36)23-20(34)12-19(33)13-21(23)40-28(29)16-5-9-18(32)10-6-16/h2-14,25-27,30-34,37-38H,1H3/t14-,25-,26+,27-,30-/m0/s1. The summed E-state index contributed by atoms with van der Waals surface area (Å²) in [6.07, 6.45) is -4.94. The van der Waals surface area contributed by atoms with Crippen LogP contribution in [0.25, 0.3) is 28.4 Å². The van der Waals surface area contributed by atoms with E-state index >= 15 is 0 Å². The first-order valence-corrected chi connectivity index (χ1v) is 12.7. The van der Waals surface area contributed by atoms with Gasteiger partial charge in [0.25, 0.3) is 0 Å². The van der Waals surface area contributed by atoms with Crippen molar-refractivity contribution in [3.05, 3.63) is 82.5 Å². The Bertz CT molecular complexity index is 1690. The minimum absolute atomic E-state index is 0.0598. The maximum Gasteiger partial charge on any atom is 0.331 e. The number of carbonyl (C=O) groups excluding carboxylic acids is 1. The molecule has 1 fully saturated rings. The van der Waals surface area contributed by atoms with Crippen LogP contribution in [0.15, 0.2) is 76.0 Å². The molecule has 5 rings (SSSR count). The number of benzene rings is 3. The molecule has 218 valence electrons. The van der Waals surface area contributed by atoms with Gasteiger partial charge in [0, 0.05) is 23.8 Å². The number of ether oxygens (including phenoxy) is 3. The molecule has 1 saturated heterocycles. The molecule has 0 saturated carbocycles. The Morgan fingerprint density at radius 3 is 2.19 bits per heavy atom. The summed E-state index contributed by atoms with van der Waals surface area (Å²) >= 11 is 0. The number of phenolic OH excluding ortho intramolecular Hbond substituents is 4. The Kier molecular flexibility index (Phi) is 7.77. The summed E-state index contributed by atoms with van der Waals surface area (Å²) in [5, 5.41) is 60.7. The number of carbonyl (C=O) groups is 1. The molecule has 12 nitrogen and oxygen atoms in total. The molecule has 0 bridgehead atoms. The van der Waals surface area contributed by atoms with Crippen molar-refractivity contribution in [2.75, 3.05) is 0 Å². The maximum absolute atomic E-state index is 13.5. The van der Waals surface area contributed by atoms with Gasteiger partial charge in [-0.15, -0.1) is 0 Å². The molecule has 12 heteroatoms. The number of aromatic hydroxyl groups is 4. The fourth-order valence-corrected chi connectivity index (χ4v) is 4.48. The zero-order valence-corrected chi connectivity index (χ0v) is 21.9. The minimum atomic E-state index is -1.81. The van der Waals surface area contributed by atoms with E-state index in [1.54, 1.807) is 12.1 Å². The highest BCUT2D eigenvalue weighted by Crippen LogP contribution is 2.37. The van der Waals surface area contributed by atoms with Gasteiger partial charge in [0.1, 0.15) is 46.2 Å². The van der Waals surface area contributed by atoms with Crippen LogP contribution >= 0.6 is 0 Å². The maximum atomic E-state index is 13.5. The SMILES string of the molecule is C[C@@H]1O[C@@H](Oc2c(-c3ccc(O)cc3)oc3cc(O)cc(O)c3c2=O)[C@H](O)[C@H](O)[C@H]1OC(=O)C=Cc1ccc(O)cc1. The molecule has 5 atom stereocenters. The first kappa shape index (κ1) is 28.5. The molecular weight excluding hydrogens is 552 g/mol. The van der Waals surface area contributed by atoms with E-state index in [1.165, 1.54) is 49.4 Å². The largest absolute Gasteiger partial charge is 0.508 e. The fourth-order valence-electron chi connectivity index (χ4n) is 4.48. The van der Waals surface area contributed by atoms with Gasteiger partial charge in [-0.1, -0.05) is 12.1 Å². The second-order valence-corrected chi connectivity index (χ2v) is 9.61. The Morgan fingerprint density at radius 2 is 1.52 bits per heavy atom. The van der Waals surface area contributed by atoms with Gasteiger partial charge in [0.05, 0.1) is 6.10 Å². The molecule has 0 amide bonds. The highest BCUT2D eigenvalue weighted by atomic mass is 16.7. The molecule has 2 heterocycles. The Hall–Kier alpha value is -5.04. The minimum Gasteiger partial charge on any atom is -0.508 e. The number of aliphatic hydroxyl groups is 2. The third-order valence-electron chi connectivity index (χ3n) is 6.62. The van der Waals surface area contributed by atoms with Crippen LogP contribution in [0, 0.1) is 0 Å². The molecular formula is C30H26O12. The van der Waals surface area contributed by atoms with E-state index in [0.717, 1.165) is 18.2 Å². The lowest BCUT2D eigenvalue weighted by Gasteiger charge is -2.40. The van der Waals surface area contributed by atoms with Crippen LogP contribution in [0.2, 0.25) is 0 Å². The highest BCUT2D eigenvalue weighted by molar-refractivity contribution is 5.88. The average molecular weight is 579 g/mol. The van der Waals surface area contributed by atoms with Crippen molar-refractivity contribution in [1.29, 1.82) is 0 Å². The Morgan fingerprint density at radius 1 is 0.881 bits per heavy atom. The second kappa shape index (κ2) is 11.4. The van der Waals surface area contributed by atoms with Crippen LogP contribution in [0.4, 0.5) is 0 Å². The number of fused-ring (bicyclic) bond motifs is 1. The van der Waals surface area contributed by atoms with E-state index in [-0.39, 0.29) is 39.5 Å². The second-order valence-electron chi connectivity index (χ2n) is 9.61. The first-order valence-electron chi connectivity index (χ1n) is 12.7. The summed E-state index contributed by atoms with van der Waals surface area (Å²) in [5.74, 6) is -2.47. The summed E-state index contributed by atoms with van der Waals surface area (Å²) in [4.78, 5) is 25.9. The first-order chi connectivity index (χ1) is 20.0. The normalized spacial score (nSPS) is 22.3. The molecule has 42 heavy (non-hydrogen) atoms. The summed E-state index contributed by atoms with van der Waals surface area (Å²) in [7, 11) is 0. The van der Waals surface area contributed by atoms with Crippen molar-refractivity contribution in [3.63, 3.8) is 0 Å². The summed E-state index contributed by atoms with van der Waals surface area (Å²) < 4.78 is 22.6. The fraction of sp³-hybridized carbons (Fsp3) is 0.200. The van der Waals surface area contributed by atoms with Crippen molar-refractivity contribution in [3.8, 4) is 40.1 Å². The van der Waals surface area contributed by atoms with Crippen LogP contribution in [0.3, 0.4) is 0 Å². The zero-order valence-electron chi connectivity index (χ0n) is 21.9. The summed E-state index contributed by atoms with van der Waals surface area (Å²) in [6.45, 7) is 1.46. The van der Waals surface area contributed by atoms with Gasteiger partial charge in [-0.2, -0.15) is 0 Å². The number of rotatable bonds is 6. The topological polar surface area (TPSA) is 196 Å². The third kappa shape index (κ3) is 5.72. The van der Waals surface area contributed by atoms with Gasteiger partial charge in [0.2, 0.25) is 17.5 Å². The third-order valence-corrected chi connectivity index (χ3v) is 6.62. The van der Waals surface area contributed by atoms with Crippen LogP contribution in [0.5, 0.6) is 28.7 Å². The molecule has 4 aromatic rings. The molecule has 0 unspecified atom stereocenters. The van der Waals surface area contributed by atoms with E-state index in [9.17, 15) is 40.2 Å².